The topological polar surface area (TPSA) is 32.7 Å². The van der Waals surface area contributed by atoms with E-state index in [0.717, 1.165) is 12.8 Å². The van der Waals surface area contributed by atoms with Gasteiger partial charge in [-0.2, -0.15) is 5.10 Å². The lowest BCUT2D eigenvalue weighted by atomic mass is 10.2. The summed E-state index contributed by atoms with van der Waals surface area (Å²) in [5.74, 6) is 0.0278. The third kappa shape index (κ3) is 0.857. The first-order valence-electron chi connectivity index (χ1n) is 2.53. The molecule has 1 aliphatic rings. The Balaban J connectivity index is 2.45. The van der Waals surface area contributed by atoms with Gasteiger partial charge in [0.2, 0.25) is 0 Å². The summed E-state index contributed by atoms with van der Waals surface area (Å²) in [5.41, 5.74) is 0. The molecule has 0 bridgehead atoms. The molecule has 0 saturated carbocycles. The van der Waals surface area contributed by atoms with Gasteiger partial charge < -0.3 is 4.79 Å². The van der Waals surface area contributed by atoms with E-state index in [1.165, 1.54) is 0 Å². The van der Waals surface area contributed by atoms with Gasteiger partial charge >= 0.3 is 0 Å². The first-order valence-corrected chi connectivity index (χ1v) is 2.53. The fraction of sp³-hybridized carbons (Fsp3) is 0.600. The highest BCUT2D eigenvalue weighted by Crippen LogP contribution is 2.00. The van der Waals surface area contributed by atoms with Crippen molar-refractivity contribution in [3.8, 4) is 0 Å². The van der Waals surface area contributed by atoms with Crippen LogP contribution in [0.4, 0.5) is 0 Å². The molecule has 44 valence electrons. The Morgan fingerprint density at radius 1 is 2.00 bits per heavy atom. The SMILES string of the molecule is CN1CC(C=O)C=N1. The van der Waals surface area contributed by atoms with Crippen molar-refractivity contribution in [3.63, 3.8) is 0 Å². The first kappa shape index (κ1) is 5.28. The predicted molar refractivity (Wildman–Crippen MR) is 30.7 cm³/mol. The third-order valence-electron chi connectivity index (χ3n) is 1.11. The lowest BCUT2D eigenvalue weighted by Crippen LogP contribution is -2.13. The molecule has 1 rings (SSSR count). The van der Waals surface area contributed by atoms with Gasteiger partial charge in [0, 0.05) is 13.3 Å². The molecule has 0 radical (unpaired) electrons. The standard InChI is InChI=1S/C5H8N2O/c1-7-3-5(4-8)2-6-7/h2,4-5H,3H2,1H3. The van der Waals surface area contributed by atoms with Gasteiger partial charge in [-0.15, -0.1) is 0 Å². The smallest absolute Gasteiger partial charge is 0.130 e. The fourth-order valence-corrected chi connectivity index (χ4v) is 0.677. The molecule has 8 heavy (non-hydrogen) atoms. The molecule has 3 heteroatoms. The molecule has 0 fully saturated rings. The van der Waals surface area contributed by atoms with Crippen LogP contribution >= 0.6 is 0 Å². The zero-order chi connectivity index (χ0) is 5.98. The lowest BCUT2D eigenvalue weighted by molar-refractivity contribution is -0.109. The third-order valence-corrected chi connectivity index (χ3v) is 1.11. The van der Waals surface area contributed by atoms with Crippen LogP contribution in [0.3, 0.4) is 0 Å². The van der Waals surface area contributed by atoms with Gasteiger partial charge in [-0.1, -0.05) is 0 Å². The van der Waals surface area contributed by atoms with Crippen LogP contribution in [-0.2, 0) is 4.79 Å². The Labute approximate surface area is 48.0 Å². The summed E-state index contributed by atoms with van der Waals surface area (Å²) in [5, 5.41) is 5.61. The van der Waals surface area contributed by atoms with Crippen molar-refractivity contribution in [1.29, 1.82) is 0 Å². The van der Waals surface area contributed by atoms with Crippen molar-refractivity contribution < 1.29 is 4.79 Å². The zero-order valence-electron chi connectivity index (χ0n) is 4.74. The molecule has 0 spiro atoms. The second kappa shape index (κ2) is 1.94. The van der Waals surface area contributed by atoms with Crippen LogP contribution in [0.2, 0.25) is 0 Å². The van der Waals surface area contributed by atoms with Gasteiger partial charge in [0.1, 0.15) is 6.29 Å². The van der Waals surface area contributed by atoms with Crippen LogP contribution in [0.5, 0.6) is 0 Å². The minimum absolute atomic E-state index is 0.0278. The van der Waals surface area contributed by atoms with E-state index in [4.69, 9.17) is 0 Å². The molecule has 3 nitrogen and oxygen atoms in total. The number of aldehydes is 1. The maximum atomic E-state index is 10.0. The molecular formula is C5H8N2O. The average Bonchev–Trinajstić information content (AvgIpc) is 2.14. The molecule has 0 aliphatic carbocycles. The fourth-order valence-electron chi connectivity index (χ4n) is 0.677. The Kier molecular flexibility index (Phi) is 1.28. The number of hydrazone groups is 1. The summed E-state index contributed by atoms with van der Waals surface area (Å²) in [7, 11) is 1.85. The molecule has 1 heterocycles. The number of carbonyl (C=O) groups excluding carboxylic acids is 1. The molecule has 0 aromatic rings. The van der Waals surface area contributed by atoms with E-state index in [-0.39, 0.29) is 5.92 Å². The molecule has 0 saturated heterocycles. The van der Waals surface area contributed by atoms with E-state index >= 15 is 0 Å². The van der Waals surface area contributed by atoms with Crippen molar-refractivity contribution in [2.75, 3.05) is 13.6 Å². The minimum Gasteiger partial charge on any atom is -0.303 e. The van der Waals surface area contributed by atoms with E-state index in [1.54, 1.807) is 11.2 Å². The summed E-state index contributed by atoms with van der Waals surface area (Å²) in [6.45, 7) is 0.740. The van der Waals surface area contributed by atoms with Gasteiger partial charge in [0.25, 0.3) is 0 Å². The molecule has 0 aromatic heterocycles. The quantitative estimate of drug-likeness (QED) is 0.437. The molecule has 0 amide bonds. The zero-order valence-corrected chi connectivity index (χ0v) is 4.74. The van der Waals surface area contributed by atoms with Crippen molar-refractivity contribution in [2.45, 2.75) is 0 Å². The maximum absolute atomic E-state index is 10.0. The number of hydrogen-bond acceptors (Lipinski definition) is 3. The van der Waals surface area contributed by atoms with Crippen LogP contribution in [-0.4, -0.2) is 31.1 Å². The average molecular weight is 112 g/mol. The van der Waals surface area contributed by atoms with Crippen LogP contribution in [0, 0.1) is 5.92 Å². The van der Waals surface area contributed by atoms with Crippen LogP contribution in [0.1, 0.15) is 0 Å². The summed E-state index contributed by atoms with van der Waals surface area (Å²) < 4.78 is 0. The van der Waals surface area contributed by atoms with Crippen LogP contribution in [0.15, 0.2) is 5.10 Å². The summed E-state index contributed by atoms with van der Waals surface area (Å²) in [4.78, 5) is 10.0. The molecule has 1 unspecified atom stereocenters. The predicted octanol–water partition coefficient (Wildman–Crippen LogP) is -0.267. The summed E-state index contributed by atoms with van der Waals surface area (Å²) in [6, 6.07) is 0. The number of hydrogen-bond donors (Lipinski definition) is 0. The number of rotatable bonds is 1. The number of nitrogens with zero attached hydrogens (tertiary/aromatic N) is 2. The second-order valence-electron chi connectivity index (χ2n) is 1.90. The van der Waals surface area contributed by atoms with Gasteiger partial charge in [0.05, 0.1) is 12.5 Å². The molecule has 0 aromatic carbocycles. The maximum Gasteiger partial charge on any atom is 0.130 e. The van der Waals surface area contributed by atoms with Crippen molar-refractivity contribution in [1.82, 2.24) is 5.01 Å². The van der Waals surface area contributed by atoms with Crippen molar-refractivity contribution in [2.24, 2.45) is 11.0 Å². The Bertz CT molecular complexity index is 122. The molecule has 0 N–H and O–H groups in total. The van der Waals surface area contributed by atoms with Crippen molar-refractivity contribution in [3.05, 3.63) is 0 Å². The highest BCUT2D eigenvalue weighted by atomic mass is 16.1. The van der Waals surface area contributed by atoms with E-state index < -0.39 is 0 Å². The lowest BCUT2D eigenvalue weighted by Gasteiger charge is -2.03. The van der Waals surface area contributed by atoms with Crippen molar-refractivity contribution >= 4 is 12.5 Å². The summed E-state index contributed by atoms with van der Waals surface area (Å²) in [6.07, 6.45) is 2.57. The normalized spacial score (nSPS) is 26.6. The summed E-state index contributed by atoms with van der Waals surface area (Å²) >= 11 is 0. The molecule has 1 atom stereocenters. The Hall–Kier alpha value is -0.860. The van der Waals surface area contributed by atoms with Crippen LogP contribution < -0.4 is 0 Å². The molecule has 1 aliphatic heterocycles. The van der Waals surface area contributed by atoms with Gasteiger partial charge in [-0.3, -0.25) is 5.01 Å². The number of carbonyl (C=O) groups is 1. The highest BCUT2D eigenvalue weighted by molar-refractivity contribution is 5.81. The van der Waals surface area contributed by atoms with E-state index in [9.17, 15) is 4.79 Å². The van der Waals surface area contributed by atoms with E-state index in [2.05, 4.69) is 5.10 Å². The van der Waals surface area contributed by atoms with Gasteiger partial charge in [-0.25, -0.2) is 0 Å². The van der Waals surface area contributed by atoms with E-state index in [0.29, 0.717) is 0 Å². The largest absolute Gasteiger partial charge is 0.303 e. The minimum atomic E-state index is 0.0278. The highest BCUT2D eigenvalue weighted by Gasteiger charge is 2.11. The van der Waals surface area contributed by atoms with E-state index in [1.807, 2.05) is 7.05 Å². The molecular weight excluding hydrogens is 104 g/mol. The van der Waals surface area contributed by atoms with Gasteiger partial charge in [0.15, 0.2) is 0 Å². The Morgan fingerprint density at radius 2 is 2.75 bits per heavy atom. The first-order chi connectivity index (χ1) is 3.83. The Morgan fingerprint density at radius 3 is 3.00 bits per heavy atom. The monoisotopic (exact) mass is 112 g/mol. The van der Waals surface area contributed by atoms with Crippen LogP contribution in [0.25, 0.3) is 0 Å². The second-order valence-corrected chi connectivity index (χ2v) is 1.90. The van der Waals surface area contributed by atoms with Gasteiger partial charge in [-0.05, 0) is 0 Å².